The lowest BCUT2D eigenvalue weighted by Crippen LogP contribution is -2.15. The standard InChI is InChI=1S/C16H28N4O/c1-11(2)9-10-18-15-13(17)16(21-3)20-14(19-15)12-7-5-4-6-8-12/h11-12H,4-10,17H2,1-3H3,(H,18,19,20). The summed E-state index contributed by atoms with van der Waals surface area (Å²) in [5, 5.41) is 3.34. The van der Waals surface area contributed by atoms with Crippen LogP contribution in [0, 0.1) is 5.92 Å². The zero-order valence-corrected chi connectivity index (χ0v) is 13.5. The van der Waals surface area contributed by atoms with Gasteiger partial charge in [-0.3, -0.25) is 0 Å². The van der Waals surface area contributed by atoms with Crippen LogP contribution in [0.2, 0.25) is 0 Å². The van der Waals surface area contributed by atoms with Gasteiger partial charge in [0.2, 0.25) is 5.88 Å². The first-order valence-electron chi connectivity index (χ1n) is 8.07. The van der Waals surface area contributed by atoms with Crippen molar-refractivity contribution in [3.05, 3.63) is 5.82 Å². The molecule has 1 aromatic heterocycles. The van der Waals surface area contributed by atoms with Crippen molar-refractivity contribution in [1.29, 1.82) is 0 Å². The largest absolute Gasteiger partial charge is 0.479 e. The summed E-state index contributed by atoms with van der Waals surface area (Å²) in [6.45, 7) is 5.28. The van der Waals surface area contributed by atoms with Gasteiger partial charge in [0, 0.05) is 12.5 Å². The number of nitrogens with two attached hydrogens (primary N) is 1. The molecule has 5 nitrogen and oxygen atoms in total. The van der Waals surface area contributed by atoms with E-state index in [1.807, 2.05) is 0 Å². The lowest BCUT2D eigenvalue weighted by Gasteiger charge is -2.22. The van der Waals surface area contributed by atoms with Crippen LogP contribution in [-0.2, 0) is 0 Å². The molecule has 118 valence electrons. The third kappa shape index (κ3) is 4.22. The van der Waals surface area contributed by atoms with Gasteiger partial charge in [-0.25, -0.2) is 4.98 Å². The molecule has 1 aromatic rings. The van der Waals surface area contributed by atoms with Gasteiger partial charge in [-0.2, -0.15) is 4.98 Å². The molecular weight excluding hydrogens is 264 g/mol. The fourth-order valence-corrected chi connectivity index (χ4v) is 2.78. The highest BCUT2D eigenvalue weighted by molar-refractivity contribution is 5.67. The van der Waals surface area contributed by atoms with Crippen LogP contribution in [-0.4, -0.2) is 23.6 Å². The van der Waals surface area contributed by atoms with Crippen LogP contribution in [0.3, 0.4) is 0 Å². The van der Waals surface area contributed by atoms with Gasteiger partial charge < -0.3 is 15.8 Å². The maximum atomic E-state index is 6.10. The number of aromatic nitrogens is 2. The van der Waals surface area contributed by atoms with E-state index >= 15 is 0 Å². The van der Waals surface area contributed by atoms with Crippen LogP contribution >= 0.6 is 0 Å². The predicted octanol–water partition coefficient (Wildman–Crippen LogP) is 3.57. The second-order valence-electron chi connectivity index (χ2n) is 6.30. The lowest BCUT2D eigenvalue weighted by molar-refractivity contribution is 0.385. The van der Waals surface area contributed by atoms with E-state index in [1.165, 1.54) is 32.1 Å². The molecule has 1 aliphatic carbocycles. The van der Waals surface area contributed by atoms with Gasteiger partial charge >= 0.3 is 0 Å². The molecule has 0 unspecified atom stereocenters. The Kier molecular flexibility index (Phi) is 5.65. The van der Waals surface area contributed by atoms with Crippen molar-refractivity contribution in [3.8, 4) is 5.88 Å². The van der Waals surface area contributed by atoms with Gasteiger partial charge in [-0.1, -0.05) is 33.1 Å². The van der Waals surface area contributed by atoms with Gasteiger partial charge in [0.25, 0.3) is 0 Å². The molecule has 2 rings (SSSR count). The van der Waals surface area contributed by atoms with Crippen LogP contribution in [0.15, 0.2) is 0 Å². The number of anilines is 2. The molecular formula is C16H28N4O. The molecule has 21 heavy (non-hydrogen) atoms. The molecule has 0 radical (unpaired) electrons. The lowest BCUT2D eigenvalue weighted by atomic mass is 9.88. The SMILES string of the molecule is COc1nc(C2CCCCC2)nc(NCCC(C)C)c1N. The first kappa shape index (κ1) is 15.9. The normalized spacial score (nSPS) is 16.2. The van der Waals surface area contributed by atoms with E-state index in [9.17, 15) is 0 Å². The van der Waals surface area contributed by atoms with E-state index in [2.05, 4.69) is 29.1 Å². The Balaban J connectivity index is 2.17. The van der Waals surface area contributed by atoms with Gasteiger partial charge in [-0.15, -0.1) is 0 Å². The smallest absolute Gasteiger partial charge is 0.242 e. The number of hydrogen-bond acceptors (Lipinski definition) is 5. The monoisotopic (exact) mass is 292 g/mol. The molecule has 1 fully saturated rings. The van der Waals surface area contributed by atoms with Crippen LogP contribution in [0.4, 0.5) is 11.5 Å². The zero-order chi connectivity index (χ0) is 15.2. The highest BCUT2D eigenvalue weighted by Crippen LogP contribution is 2.34. The number of ether oxygens (including phenoxy) is 1. The van der Waals surface area contributed by atoms with Gasteiger partial charge in [0.05, 0.1) is 7.11 Å². The average Bonchev–Trinajstić information content (AvgIpc) is 2.49. The van der Waals surface area contributed by atoms with E-state index in [0.29, 0.717) is 23.4 Å². The Morgan fingerprint density at radius 1 is 1.24 bits per heavy atom. The summed E-state index contributed by atoms with van der Waals surface area (Å²) in [5.74, 6) is 3.20. The van der Waals surface area contributed by atoms with E-state index in [4.69, 9.17) is 10.5 Å². The highest BCUT2D eigenvalue weighted by Gasteiger charge is 2.21. The first-order valence-corrected chi connectivity index (χ1v) is 8.07. The Hall–Kier alpha value is -1.52. The predicted molar refractivity (Wildman–Crippen MR) is 86.8 cm³/mol. The van der Waals surface area contributed by atoms with Gasteiger partial charge in [0.15, 0.2) is 5.82 Å². The summed E-state index contributed by atoms with van der Waals surface area (Å²) in [6, 6.07) is 0. The Morgan fingerprint density at radius 2 is 1.95 bits per heavy atom. The van der Waals surface area contributed by atoms with E-state index in [0.717, 1.165) is 24.6 Å². The van der Waals surface area contributed by atoms with Crippen molar-refractivity contribution in [2.24, 2.45) is 5.92 Å². The second-order valence-corrected chi connectivity index (χ2v) is 6.30. The molecule has 0 spiro atoms. The van der Waals surface area contributed by atoms with Crippen LogP contribution in [0.5, 0.6) is 5.88 Å². The average molecular weight is 292 g/mol. The maximum absolute atomic E-state index is 6.10. The zero-order valence-electron chi connectivity index (χ0n) is 13.5. The minimum absolute atomic E-state index is 0.443. The van der Waals surface area contributed by atoms with E-state index in [-0.39, 0.29) is 0 Å². The number of nitrogens with zero attached hydrogens (tertiary/aromatic N) is 2. The molecule has 0 saturated heterocycles. The summed E-state index contributed by atoms with van der Waals surface area (Å²) in [5.41, 5.74) is 6.61. The third-order valence-corrected chi connectivity index (χ3v) is 4.11. The number of hydrogen-bond donors (Lipinski definition) is 2. The number of methoxy groups -OCH3 is 1. The molecule has 1 saturated carbocycles. The van der Waals surface area contributed by atoms with Gasteiger partial charge in [-0.05, 0) is 25.2 Å². The molecule has 0 amide bonds. The van der Waals surface area contributed by atoms with Crippen molar-refractivity contribution in [1.82, 2.24) is 9.97 Å². The quantitative estimate of drug-likeness (QED) is 0.838. The van der Waals surface area contributed by atoms with Crippen molar-refractivity contribution in [2.75, 3.05) is 24.7 Å². The van der Waals surface area contributed by atoms with Crippen LogP contribution < -0.4 is 15.8 Å². The molecule has 0 atom stereocenters. The molecule has 0 bridgehead atoms. The minimum Gasteiger partial charge on any atom is -0.479 e. The summed E-state index contributed by atoms with van der Waals surface area (Å²) < 4.78 is 5.33. The van der Waals surface area contributed by atoms with Crippen LogP contribution in [0.1, 0.15) is 64.1 Å². The number of nitrogen functional groups attached to an aromatic ring is 1. The fraction of sp³-hybridized carbons (Fsp3) is 0.750. The summed E-state index contributed by atoms with van der Waals surface area (Å²) in [4.78, 5) is 9.19. The van der Waals surface area contributed by atoms with Crippen molar-refractivity contribution in [2.45, 2.75) is 58.3 Å². The first-order chi connectivity index (χ1) is 10.1. The van der Waals surface area contributed by atoms with Crippen molar-refractivity contribution in [3.63, 3.8) is 0 Å². The number of rotatable bonds is 6. The molecule has 0 aliphatic heterocycles. The molecule has 5 heteroatoms. The minimum atomic E-state index is 0.443. The highest BCUT2D eigenvalue weighted by atomic mass is 16.5. The van der Waals surface area contributed by atoms with Gasteiger partial charge in [0.1, 0.15) is 11.5 Å². The van der Waals surface area contributed by atoms with E-state index < -0.39 is 0 Å². The second kappa shape index (κ2) is 7.48. The fourth-order valence-electron chi connectivity index (χ4n) is 2.78. The summed E-state index contributed by atoms with van der Waals surface area (Å²) >= 11 is 0. The summed E-state index contributed by atoms with van der Waals surface area (Å²) in [7, 11) is 1.61. The van der Waals surface area contributed by atoms with Crippen molar-refractivity contribution < 1.29 is 4.74 Å². The van der Waals surface area contributed by atoms with E-state index in [1.54, 1.807) is 7.11 Å². The Labute approximate surface area is 127 Å². The Bertz CT molecular complexity index is 456. The molecule has 0 aromatic carbocycles. The molecule has 1 heterocycles. The third-order valence-electron chi connectivity index (χ3n) is 4.11. The maximum Gasteiger partial charge on any atom is 0.242 e. The number of nitrogens with one attached hydrogen (secondary N) is 1. The topological polar surface area (TPSA) is 73.1 Å². The molecule has 3 N–H and O–H groups in total. The van der Waals surface area contributed by atoms with Crippen LogP contribution in [0.25, 0.3) is 0 Å². The molecule has 1 aliphatic rings. The Morgan fingerprint density at radius 3 is 2.57 bits per heavy atom. The van der Waals surface area contributed by atoms with Crippen molar-refractivity contribution >= 4 is 11.5 Å². The summed E-state index contributed by atoms with van der Waals surface area (Å²) in [6.07, 6.45) is 7.26.